The molecule has 3 nitrogen and oxygen atoms in total. The third kappa shape index (κ3) is 2.98. The molecule has 0 bridgehead atoms. The van der Waals surface area contributed by atoms with Crippen molar-refractivity contribution in [3.8, 4) is 0 Å². The van der Waals surface area contributed by atoms with Gasteiger partial charge in [0.05, 0.1) is 5.60 Å². The Kier molecular flexibility index (Phi) is 4.16. The van der Waals surface area contributed by atoms with Crippen LogP contribution in [0.3, 0.4) is 0 Å². The van der Waals surface area contributed by atoms with Crippen LogP contribution in [0.15, 0.2) is 0 Å². The Balaban J connectivity index is 1.56. The standard InChI is InChI=1S/C16H29NO2/c1-12-3-4-15(13(12)2)17-14-5-8-19-16(11-14)6-9-18-10-7-16/h12-15,17H,3-11H2,1-2H3. The number of hydrogen-bond acceptors (Lipinski definition) is 3. The molecule has 3 aliphatic rings. The molecule has 3 rings (SSSR count). The van der Waals surface area contributed by atoms with Crippen LogP contribution in [0, 0.1) is 11.8 Å². The summed E-state index contributed by atoms with van der Waals surface area (Å²) in [6.07, 6.45) is 7.29. The highest BCUT2D eigenvalue weighted by Gasteiger charge is 2.40. The van der Waals surface area contributed by atoms with Crippen LogP contribution in [0.1, 0.15) is 52.4 Å². The van der Waals surface area contributed by atoms with Crippen molar-refractivity contribution in [1.29, 1.82) is 0 Å². The van der Waals surface area contributed by atoms with Crippen LogP contribution in [0.4, 0.5) is 0 Å². The van der Waals surface area contributed by atoms with Crippen molar-refractivity contribution in [3.05, 3.63) is 0 Å². The summed E-state index contributed by atoms with van der Waals surface area (Å²) in [4.78, 5) is 0. The van der Waals surface area contributed by atoms with Crippen molar-refractivity contribution < 1.29 is 9.47 Å². The lowest BCUT2D eigenvalue weighted by Gasteiger charge is -2.44. The van der Waals surface area contributed by atoms with Gasteiger partial charge in [-0.25, -0.2) is 0 Å². The second-order valence-corrected chi connectivity index (χ2v) is 7.02. The third-order valence-corrected chi connectivity index (χ3v) is 5.81. The quantitative estimate of drug-likeness (QED) is 0.834. The third-order valence-electron chi connectivity index (χ3n) is 5.81. The van der Waals surface area contributed by atoms with Crippen LogP contribution in [0.2, 0.25) is 0 Å². The minimum absolute atomic E-state index is 0.127. The maximum atomic E-state index is 6.13. The van der Waals surface area contributed by atoms with Crippen LogP contribution < -0.4 is 5.32 Å². The number of nitrogens with one attached hydrogen (secondary N) is 1. The number of rotatable bonds is 2. The van der Waals surface area contributed by atoms with Gasteiger partial charge in [-0.3, -0.25) is 0 Å². The molecule has 2 aliphatic heterocycles. The average molecular weight is 267 g/mol. The lowest BCUT2D eigenvalue weighted by atomic mass is 9.83. The minimum Gasteiger partial charge on any atom is -0.381 e. The maximum absolute atomic E-state index is 6.13. The summed E-state index contributed by atoms with van der Waals surface area (Å²) in [5, 5.41) is 3.95. The Hall–Kier alpha value is -0.120. The molecule has 3 fully saturated rings. The Morgan fingerprint density at radius 2 is 1.79 bits per heavy atom. The first-order chi connectivity index (χ1) is 9.19. The zero-order valence-electron chi connectivity index (χ0n) is 12.5. The van der Waals surface area contributed by atoms with Gasteiger partial charge < -0.3 is 14.8 Å². The molecular weight excluding hydrogens is 238 g/mol. The van der Waals surface area contributed by atoms with E-state index in [2.05, 4.69) is 19.2 Å². The van der Waals surface area contributed by atoms with E-state index in [0.717, 1.165) is 50.5 Å². The first kappa shape index (κ1) is 13.8. The van der Waals surface area contributed by atoms with Gasteiger partial charge in [-0.2, -0.15) is 0 Å². The highest BCUT2D eigenvalue weighted by atomic mass is 16.5. The Morgan fingerprint density at radius 3 is 2.47 bits per heavy atom. The summed E-state index contributed by atoms with van der Waals surface area (Å²) in [6.45, 7) is 7.50. The highest BCUT2D eigenvalue weighted by molar-refractivity contribution is 4.94. The lowest BCUT2D eigenvalue weighted by Crippen LogP contribution is -2.52. The van der Waals surface area contributed by atoms with Crippen molar-refractivity contribution in [2.24, 2.45) is 11.8 Å². The van der Waals surface area contributed by atoms with E-state index in [1.54, 1.807) is 0 Å². The Bertz CT molecular complexity index is 296. The molecule has 0 aromatic rings. The minimum atomic E-state index is 0.127. The van der Waals surface area contributed by atoms with Crippen molar-refractivity contribution in [2.45, 2.75) is 70.1 Å². The number of ether oxygens (including phenoxy) is 2. The van der Waals surface area contributed by atoms with Crippen molar-refractivity contribution in [3.63, 3.8) is 0 Å². The molecule has 2 saturated heterocycles. The molecule has 4 atom stereocenters. The summed E-state index contributed by atoms with van der Waals surface area (Å²) in [5.74, 6) is 1.71. The van der Waals surface area contributed by atoms with Gasteiger partial charge in [0.15, 0.2) is 0 Å². The summed E-state index contributed by atoms with van der Waals surface area (Å²) >= 11 is 0. The molecule has 0 aromatic heterocycles. The van der Waals surface area contributed by atoms with Gasteiger partial charge in [0.25, 0.3) is 0 Å². The summed E-state index contributed by atoms with van der Waals surface area (Å²) in [6, 6.07) is 1.39. The molecule has 0 radical (unpaired) electrons. The molecule has 1 N–H and O–H groups in total. The van der Waals surface area contributed by atoms with E-state index in [-0.39, 0.29) is 5.60 Å². The second kappa shape index (κ2) is 5.71. The largest absolute Gasteiger partial charge is 0.381 e. The Labute approximate surface area is 117 Å². The van der Waals surface area contributed by atoms with Crippen LogP contribution in [-0.4, -0.2) is 37.5 Å². The molecule has 2 heterocycles. The van der Waals surface area contributed by atoms with E-state index in [1.807, 2.05) is 0 Å². The molecule has 3 heteroatoms. The van der Waals surface area contributed by atoms with Gasteiger partial charge in [-0.15, -0.1) is 0 Å². The fourth-order valence-corrected chi connectivity index (χ4v) is 4.16. The topological polar surface area (TPSA) is 30.5 Å². The van der Waals surface area contributed by atoms with Gasteiger partial charge in [0.1, 0.15) is 0 Å². The molecule has 0 amide bonds. The fourth-order valence-electron chi connectivity index (χ4n) is 4.16. The van der Waals surface area contributed by atoms with E-state index in [9.17, 15) is 0 Å². The van der Waals surface area contributed by atoms with Crippen LogP contribution in [-0.2, 0) is 9.47 Å². The van der Waals surface area contributed by atoms with Crippen LogP contribution in [0.25, 0.3) is 0 Å². The monoisotopic (exact) mass is 267 g/mol. The highest BCUT2D eigenvalue weighted by Crippen LogP contribution is 2.36. The van der Waals surface area contributed by atoms with E-state index in [4.69, 9.17) is 9.47 Å². The van der Waals surface area contributed by atoms with E-state index < -0.39 is 0 Å². The summed E-state index contributed by atoms with van der Waals surface area (Å²) in [7, 11) is 0. The maximum Gasteiger partial charge on any atom is 0.0741 e. The molecule has 19 heavy (non-hydrogen) atoms. The summed E-state index contributed by atoms with van der Waals surface area (Å²) in [5.41, 5.74) is 0.127. The van der Waals surface area contributed by atoms with Crippen LogP contribution in [0.5, 0.6) is 0 Å². The lowest BCUT2D eigenvalue weighted by molar-refractivity contribution is -0.141. The smallest absolute Gasteiger partial charge is 0.0741 e. The second-order valence-electron chi connectivity index (χ2n) is 7.02. The van der Waals surface area contributed by atoms with Crippen molar-refractivity contribution in [2.75, 3.05) is 19.8 Å². The van der Waals surface area contributed by atoms with Crippen molar-refractivity contribution >= 4 is 0 Å². The van der Waals surface area contributed by atoms with Crippen molar-refractivity contribution in [1.82, 2.24) is 5.32 Å². The van der Waals surface area contributed by atoms with E-state index in [1.165, 1.54) is 25.7 Å². The van der Waals surface area contributed by atoms with Crippen LogP contribution >= 0.6 is 0 Å². The van der Waals surface area contributed by atoms with Gasteiger partial charge in [-0.05, 0) is 50.4 Å². The zero-order chi connectivity index (χ0) is 13.3. The molecule has 0 aromatic carbocycles. The first-order valence-electron chi connectivity index (χ1n) is 8.16. The van der Waals surface area contributed by atoms with Gasteiger partial charge in [-0.1, -0.05) is 13.8 Å². The fraction of sp³-hybridized carbons (Fsp3) is 1.00. The number of hydrogen-bond donors (Lipinski definition) is 1. The molecule has 1 saturated carbocycles. The molecule has 110 valence electrons. The van der Waals surface area contributed by atoms with Gasteiger partial charge in [0.2, 0.25) is 0 Å². The molecule has 4 unspecified atom stereocenters. The van der Waals surface area contributed by atoms with E-state index >= 15 is 0 Å². The normalized spacial score (nSPS) is 42.6. The Morgan fingerprint density at radius 1 is 1.00 bits per heavy atom. The SMILES string of the molecule is CC1CCC(NC2CCOC3(CCOCC3)C2)C1C. The van der Waals surface area contributed by atoms with E-state index in [0.29, 0.717) is 6.04 Å². The predicted molar refractivity (Wildman–Crippen MR) is 76.2 cm³/mol. The first-order valence-corrected chi connectivity index (χ1v) is 8.16. The summed E-state index contributed by atoms with van der Waals surface area (Å²) < 4.78 is 11.6. The zero-order valence-corrected chi connectivity index (χ0v) is 12.5. The average Bonchev–Trinajstić information content (AvgIpc) is 2.72. The molecule has 1 spiro atoms. The molecular formula is C16H29NO2. The van der Waals surface area contributed by atoms with Gasteiger partial charge in [0, 0.05) is 31.9 Å². The predicted octanol–water partition coefficient (Wildman–Crippen LogP) is 2.74. The van der Waals surface area contributed by atoms with Gasteiger partial charge >= 0.3 is 0 Å². The molecule has 1 aliphatic carbocycles.